The zero-order valence-corrected chi connectivity index (χ0v) is 15.9. The number of halogens is 2. The number of piperazine rings is 1. The van der Waals surface area contributed by atoms with Gasteiger partial charge in [0.05, 0.1) is 11.3 Å². The Morgan fingerprint density at radius 3 is 2.35 bits per heavy atom. The van der Waals surface area contributed by atoms with Crippen LogP contribution in [0.15, 0.2) is 41.0 Å². The van der Waals surface area contributed by atoms with Gasteiger partial charge < -0.3 is 14.2 Å². The molecule has 0 saturated carbocycles. The van der Waals surface area contributed by atoms with Crippen LogP contribution in [0.5, 0.6) is 0 Å². The maximum Gasteiger partial charge on any atom is 0.289 e. The Bertz CT molecular complexity index is 976. The third kappa shape index (κ3) is 3.09. The molecule has 4 rings (SSSR count). The lowest BCUT2D eigenvalue weighted by atomic mass is 10.2. The third-order valence-corrected chi connectivity index (χ3v) is 6.25. The zero-order valence-electron chi connectivity index (χ0n) is 13.6. The van der Waals surface area contributed by atoms with E-state index in [2.05, 4.69) is 0 Å². The Morgan fingerprint density at radius 2 is 1.69 bits per heavy atom. The number of furan rings is 1. The first-order valence-electron chi connectivity index (χ1n) is 8.04. The van der Waals surface area contributed by atoms with Crippen LogP contribution in [0.4, 0.5) is 0 Å². The van der Waals surface area contributed by atoms with Crippen molar-refractivity contribution in [1.29, 1.82) is 0 Å². The monoisotopic (exact) mass is 408 g/mol. The summed E-state index contributed by atoms with van der Waals surface area (Å²) in [5, 5.41) is 1.90. The van der Waals surface area contributed by atoms with E-state index in [0.29, 0.717) is 46.9 Å². The summed E-state index contributed by atoms with van der Waals surface area (Å²) in [5.74, 6) is 0.0447. The molecule has 1 saturated heterocycles. The second-order valence-corrected chi connectivity index (χ2v) is 7.81. The van der Waals surface area contributed by atoms with Gasteiger partial charge in [-0.25, -0.2) is 0 Å². The molecule has 0 aliphatic carbocycles. The van der Waals surface area contributed by atoms with Gasteiger partial charge >= 0.3 is 0 Å². The summed E-state index contributed by atoms with van der Waals surface area (Å²) < 4.78 is 6.04. The van der Waals surface area contributed by atoms with E-state index in [1.807, 2.05) is 12.1 Å². The Balaban J connectivity index is 1.49. The highest BCUT2D eigenvalue weighted by Gasteiger charge is 2.28. The smallest absolute Gasteiger partial charge is 0.289 e. The number of carbonyl (C=O) groups excluding carboxylic acids is 2. The molecule has 26 heavy (non-hydrogen) atoms. The van der Waals surface area contributed by atoms with Crippen LogP contribution in [0.25, 0.3) is 10.1 Å². The summed E-state index contributed by atoms with van der Waals surface area (Å²) in [6, 6.07) is 8.72. The molecule has 3 heterocycles. The van der Waals surface area contributed by atoms with E-state index in [9.17, 15) is 9.59 Å². The Labute approximate surface area is 163 Å². The maximum absolute atomic E-state index is 12.9. The van der Waals surface area contributed by atoms with E-state index >= 15 is 0 Å². The van der Waals surface area contributed by atoms with E-state index in [-0.39, 0.29) is 11.8 Å². The molecule has 5 nitrogen and oxygen atoms in total. The van der Waals surface area contributed by atoms with E-state index in [1.54, 1.807) is 28.0 Å². The number of hydrogen-bond acceptors (Lipinski definition) is 4. The fourth-order valence-electron chi connectivity index (χ4n) is 2.99. The van der Waals surface area contributed by atoms with Gasteiger partial charge in [0.25, 0.3) is 11.8 Å². The molecular weight excluding hydrogens is 395 g/mol. The van der Waals surface area contributed by atoms with E-state index in [4.69, 9.17) is 27.6 Å². The molecule has 1 aliphatic heterocycles. The van der Waals surface area contributed by atoms with Gasteiger partial charge in [-0.1, -0.05) is 29.3 Å². The summed E-state index contributed by atoms with van der Waals surface area (Å²) in [6.45, 7) is 1.83. The van der Waals surface area contributed by atoms with Crippen molar-refractivity contribution in [3.8, 4) is 0 Å². The molecule has 0 N–H and O–H groups in total. The van der Waals surface area contributed by atoms with Crippen molar-refractivity contribution in [2.45, 2.75) is 0 Å². The molecule has 0 bridgehead atoms. The molecular formula is C18H14Cl2N2O3S. The fraction of sp³-hybridized carbons (Fsp3) is 0.222. The summed E-state index contributed by atoms with van der Waals surface area (Å²) in [7, 11) is 0. The lowest BCUT2D eigenvalue weighted by molar-refractivity contribution is 0.0520. The predicted molar refractivity (Wildman–Crippen MR) is 102 cm³/mol. The first-order valence-corrected chi connectivity index (χ1v) is 9.61. The van der Waals surface area contributed by atoms with E-state index in [1.165, 1.54) is 17.6 Å². The second-order valence-electron chi connectivity index (χ2n) is 5.95. The molecule has 3 aromatic rings. The van der Waals surface area contributed by atoms with Gasteiger partial charge in [0.2, 0.25) is 0 Å². The van der Waals surface area contributed by atoms with Crippen molar-refractivity contribution in [2.75, 3.05) is 26.2 Å². The average Bonchev–Trinajstić information content (AvgIpc) is 3.29. The van der Waals surface area contributed by atoms with Crippen LogP contribution in [0, 0.1) is 0 Å². The van der Waals surface area contributed by atoms with E-state index < -0.39 is 0 Å². The first kappa shape index (κ1) is 17.4. The molecule has 1 aliphatic rings. The fourth-order valence-corrected chi connectivity index (χ4v) is 4.74. The zero-order chi connectivity index (χ0) is 18.3. The molecule has 0 atom stereocenters. The standard InChI is InChI=1S/C18H14Cl2N2O3S/c19-11-3-4-12-14(10-11)26-16(15(12)20)18(24)22-7-5-21(6-8-22)17(23)13-2-1-9-25-13/h1-4,9-10H,5-8H2. The number of fused-ring (bicyclic) bond motifs is 1. The molecule has 0 spiro atoms. The summed E-state index contributed by atoms with van der Waals surface area (Å²) in [4.78, 5) is 29.1. The van der Waals surface area contributed by atoms with Gasteiger partial charge in [0.1, 0.15) is 4.88 Å². The minimum Gasteiger partial charge on any atom is -0.459 e. The van der Waals surface area contributed by atoms with Crippen molar-refractivity contribution < 1.29 is 14.0 Å². The molecule has 0 unspecified atom stereocenters. The van der Waals surface area contributed by atoms with Crippen molar-refractivity contribution in [2.24, 2.45) is 0 Å². The number of carbonyl (C=O) groups is 2. The molecule has 2 amide bonds. The highest BCUT2D eigenvalue weighted by molar-refractivity contribution is 7.21. The summed E-state index contributed by atoms with van der Waals surface area (Å²) in [6.07, 6.45) is 1.47. The molecule has 8 heteroatoms. The number of thiophene rings is 1. The normalized spacial score (nSPS) is 14.8. The Kier molecular flexibility index (Phi) is 4.65. The van der Waals surface area contributed by atoms with Crippen LogP contribution in [-0.2, 0) is 0 Å². The van der Waals surface area contributed by atoms with Crippen LogP contribution in [0.2, 0.25) is 10.0 Å². The number of nitrogens with zero attached hydrogens (tertiary/aromatic N) is 2. The van der Waals surface area contributed by atoms with Gasteiger partial charge in [0.15, 0.2) is 5.76 Å². The lowest BCUT2D eigenvalue weighted by Gasteiger charge is -2.34. The molecule has 134 valence electrons. The van der Waals surface area contributed by atoms with Gasteiger partial charge in [-0.05, 0) is 24.3 Å². The first-order chi connectivity index (χ1) is 12.5. The highest BCUT2D eigenvalue weighted by atomic mass is 35.5. The quantitative estimate of drug-likeness (QED) is 0.631. The van der Waals surface area contributed by atoms with Crippen LogP contribution in [0.1, 0.15) is 20.2 Å². The summed E-state index contributed by atoms with van der Waals surface area (Å²) in [5.41, 5.74) is 0. The molecule has 1 aromatic carbocycles. The molecule has 1 fully saturated rings. The highest BCUT2D eigenvalue weighted by Crippen LogP contribution is 2.37. The Hall–Kier alpha value is -2.02. The largest absolute Gasteiger partial charge is 0.459 e. The van der Waals surface area contributed by atoms with Gasteiger partial charge in [-0.3, -0.25) is 9.59 Å². The number of hydrogen-bond donors (Lipinski definition) is 0. The minimum absolute atomic E-state index is 0.113. The average molecular weight is 409 g/mol. The SMILES string of the molecule is O=C(c1ccco1)N1CCN(C(=O)c2sc3cc(Cl)ccc3c2Cl)CC1. The Morgan fingerprint density at radius 1 is 1.00 bits per heavy atom. The van der Waals surface area contributed by atoms with Crippen molar-refractivity contribution in [3.05, 3.63) is 57.3 Å². The minimum atomic E-state index is -0.156. The summed E-state index contributed by atoms with van der Waals surface area (Å²) >= 11 is 13.8. The van der Waals surface area contributed by atoms with Crippen LogP contribution in [0.3, 0.4) is 0 Å². The van der Waals surface area contributed by atoms with Gasteiger partial charge in [0, 0.05) is 41.3 Å². The van der Waals surface area contributed by atoms with Crippen LogP contribution >= 0.6 is 34.5 Å². The second kappa shape index (κ2) is 6.95. The predicted octanol–water partition coefficient (Wildman–Crippen LogP) is 4.40. The van der Waals surface area contributed by atoms with Crippen LogP contribution < -0.4 is 0 Å². The maximum atomic E-state index is 12.9. The third-order valence-electron chi connectivity index (χ3n) is 4.37. The molecule has 0 radical (unpaired) electrons. The number of rotatable bonds is 2. The molecule has 2 aromatic heterocycles. The van der Waals surface area contributed by atoms with Crippen LogP contribution in [-0.4, -0.2) is 47.8 Å². The van der Waals surface area contributed by atoms with Gasteiger partial charge in [-0.2, -0.15) is 0 Å². The van der Waals surface area contributed by atoms with Gasteiger partial charge in [-0.15, -0.1) is 11.3 Å². The topological polar surface area (TPSA) is 53.8 Å². The number of benzene rings is 1. The van der Waals surface area contributed by atoms with Crippen molar-refractivity contribution >= 4 is 56.4 Å². The van der Waals surface area contributed by atoms with E-state index in [0.717, 1.165) is 10.1 Å². The number of amides is 2. The van der Waals surface area contributed by atoms with Crippen molar-refractivity contribution in [3.63, 3.8) is 0 Å². The van der Waals surface area contributed by atoms with Crippen molar-refractivity contribution in [1.82, 2.24) is 9.80 Å². The lowest BCUT2D eigenvalue weighted by Crippen LogP contribution is -2.50.